The first kappa shape index (κ1) is 28.6. The highest BCUT2D eigenvalue weighted by molar-refractivity contribution is 7.12. The number of piperidine rings is 1. The van der Waals surface area contributed by atoms with Crippen molar-refractivity contribution >= 4 is 34.7 Å². The van der Waals surface area contributed by atoms with E-state index in [1.165, 1.54) is 24.8 Å². The molecule has 8 heteroatoms. The minimum atomic E-state index is -0.556. The molecule has 1 N–H and O–H groups in total. The SMILES string of the molecule is O=C(OCCCc1ccccc1)C1=C(COCCN2CCCCC2)NC(c2cccs2)=NC1c1cccc(Cl)c1. The molecule has 2 aromatic carbocycles. The summed E-state index contributed by atoms with van der Waals surface area (Å²) in [5.74, 6) is 0.337. The largest absolute Gasteiger partial charge is 0.462 e. The topological polar surface area (TPSA) is 63.2 Å². The summed E-state index contributed by atoms with van der Waals surface area (Å²) >= 11 is 7.97. The Bertz CT molecular complexity index is 1300. The molecule has 1 atom stereocenters. The lowest BCUT2D eigenvalue weighted by atomic mass is 9.95. The lowest BCUT2D eigenvalue weighted by Crippen LogP contribution is -2.36. The van der Waals surface area contributed by atoms with Crippen LogP contribution in [-0.4, -0.2) is 56.2 Å². The van der Waals surface area contributed by atoms with Crippen LogP contribution in [0.25, 0.3) is 0 Å². The Morgan fingerprint density at radius 1 is 1.02 bits per heavy atom. The van der Waals surface area contributed by atoms with Crippen molar-refractivity contribution in [3.63, 3.8) is 0 Å². The van der Waals surface area contributed by atoms with Crippen LogP contribution in [0.4, 0.5) is 0 Å². The standard InChI is InChI=1S/C32H36ClN3O3S/c33-26-14-7-13-25(22-26)30-29(32(37)39-19-8-12-24-10-3-1-4-11-24)27(34-31(35-30)28-15-9-21-40-28)23-38-20-18-36-16-5-2-6-17-36/h1,3-4,7,9-11,13-15,21-22,30H,2,5-6,8,12,16-20,23H2,(H,34,35). The Kier molecular flexibility index (Phi) is 10.4. The Morgan fingerprint density at radius 2 is 1.88 bits per heavy atom. The van der Waals surface area contributed by atoms with Gasteiger partial charge in [-0.25, -0.2) is 4.79 Å². The minimum absolute atomic E-state index is 0.268. The number of nitrogens with zero attached hydrogens (tertiary/aromatic N) is 2. The van der Waals surface area contributed by atoms with Gasteiger partial charge in [0.2, 0.25) is 0 Å². The predicted octanol–water partition coefficient (Wildman–Crippen LogP) is 6.43. The molecule has 0 spiro atoms. The molecule has 0 saturated carbocycles. The van der Waals surface area contributed by atoms with E-state index in [0.717, 1.165) is 48.8 Å². The van der Waals surface area contributed by atoms with Gasteiger partial charge in [-0.3, -0.25) is 4.99 Å². The van der Waals surface area contributed by atoms with Crippen LogP contribution in [0.5, 0.6) is 0 Å². The van der Waals surface area contributed by atoms with E-state index in [0.29, 0.717) is 29.5 Å². The predicted molar refractivity (Wildman–Crippen MR) is 162 cm³/mol. The number of aryl methyl sites for hydroxylation is 1. The molecular formula is C32H36ClN3O3S. The lowest BCUT2D eigenvalue weighted by molar-refractivity contribution is -0.139. The zero-order valence-corrected chi connectivity index (χ0v) is 24.3. The molecule has 0 bridgehead atoms. The van der Waals surface area contributed by atoms with Gasteiger partial charge in [0.25, 0.3) is 0 Å². The van der Waals surface area contributed by atoms with Crippen molar-refractivity contribution in [2.24, 2.45) is 4.99 Å². The second-order valence-corrected chi connectivity index (χ2v) is 11.5. The van der Waals surface area contributed by atoms with E-state index in [4.69, 9.17) is 26.1 Å². The molecule has 210 valence electrons. The zero-order chi connectivity index (χ0) is 27.6. The number of nitrogens with one attached hydrogen (secondary N) is 1. The molecule has 1 fully saturated rings. The number of carbonyl (C=O) groups excluding carboxylic acids is 1. The monoisotopic (exact) mass is 577 g/mol. The van der Waals surface area contributed by atoms with Gasteiger partial charge < -0.3 is 19.7 Å². The first-order chi connectivity index (χ1) is 19.7. The van der Waals surface area contributed by atoms with E-state index in [9.17, 15) is 4.79 Å². The summed E-state index contributed by atoms with van der Waals surface area (Å²) in [6.07, 6.45) is 5.38. The molecule has 1 aromatic heterocycles. The lowest BCUT2D eigenvalue weighted by Gasteiger charge is -2.28. The molecule has 3 heterocycles. The molecule has 2 aliphatic heterocycles. The van der Waals surface area contributed by atoms with Gasteiger partial charge in [-0.05, 0) is 73.5 Å². The van der Waals surface area contributed by atoms with Crippen molar-refractivity contribution in [1.29, 1.82) is 0 Å². The fourth-order valence-electron chi connectivity index (χ4n) is 5.12. The summed E-state index contributed by atoms with van der Waals surface area (Å²) in [7, 11) is 0. The van der Waals surface area contributed by atoms with E-state index in [1.54, 1.807) is 11.3 Å². The van der Waals surface area contributed by atoms with Crippen LogP contribution in [0.1, 0.15) is 47.7 Å². The van der Waals surface area contributed by atoms with Gasteiger partial charge in [-0.15, -0.1) is 11.3 Å². The number of aliphatic imine (C=N–C) groups is 1. The maximum absolute atomic E-state index is 13.7. The van der Waals surface area contributed by atoms with E-state index in [1.807, 2.05) is 60.0 Å². The van der Waals surface area contributed by atoms with E-state index in [2.05, 4.69) is 22.3 Å². The van der Waals surface area contributed by atoms with Crippen LogP contribution in [0.3, 0.4) is 0 Å². The molecule has 3 aromatic rings. The number of ether oxygens (including phenoxy) is 2. The second kappa shape index (κ2) is 14.6. The smallest absolute Gasteiger partial charge is 0.338 e. The van der Waals surface area contributed by atoms with Crippen molar-refractivity contribution < 1.29 is 14.3 Å². The molecule has 0 aliphatic carbocycles. The zero-order valence-electron chi connectivity index (χ0n) is 22.7. The van der Waals surface area contributed by atoms with Crippen LogP contribution >= 0.6 is 22.9 Å². The third-order valence-corrected chi connectivity index (χ3v) is 8.31. The Balaban J connectivity index is 1.35. The quantitative estimate of drug-likeness (QED) is 0.199. The molecule has 2 aliphatic rings. The molecule has 40 heavy (non-hydrogen) atoms. The number of hydrogen-bond acceptors (Lipinski definition) is 7. The van der Waals surface area contributed by atoms with Crippen molar-refractivity contribution in [3.8, 4) is 0 Å². The van der Waals surface area contributed by atoms with Gasteiger partial charge in [0.15, 0.2) is 0 Å². The maximum Gasteiger partial charge on any atom is 0.338 e. The summed E-state index contributed by atoms with van der Waals surface area (Å²) in [5.41, 5.74) is 3.22. The molecule has 0 amide bonds. The molecule has 0 radical (unpaired) electrons. The molecule has 5 rings (SSSR count). The Morgan fingerprint density at radius 3 is 2.65 bits per heavy atom. The number of carbonyl (C=O) groups is 1. The van der Waals surface area contributed by atoms with Gasteiger partial charge in [-0.1, -0.05) is 66.6 Å². The third-order valence-electron chi connectivity index (χ3n) is 7.20. The van der Waals surface area contributed by atoms with Gasteiger partial charge in [0.1, 0.15) is 11.9 Å². The maximum atomic E-state index is 13.7. The van der Waals surface area contributed by atoms with Crippen LogP contribution in [0, 0.1) is 0 Å². The number of rotatable bonds is 12. The van der Waals surface area contributed by atoms with E-state index in [-0.39, 0.29) is 12.6 Å². The fraction of sp³-hybridized carbons (Fsp3) is 0.375. The summed E-state index contributed by atoms with van der Waals surface area (Å²) in [6.45, 7) is 4.32. The summed E-state index contributed by atoms with van der Waals surface area (Å²) in [6, 6.07) is 21.2. The van der Waals surface area contributed by atoms with Crippen LogP contribution in [0.15, 0.2) is 88.4 Å². The fourth-order valence-corrected chi connectivity index (χ4v) is 6.00. The Labute approximate surface area is 245 Å². The Hall–Kier alpha value is -2.97. The van der Waals surface area contributed by atoms with Crippen LogP contribution in [0.2, 0.25) is 5.02 Å². The summed E-state index contributed by atoms with van der Waals surface area (Å²) in [4.78, 5) is 22.1. The van der Waals surface area contributed by atoms with Crippen molar-refractivity contribution in [2.45, 2.75) is 38.1 Å². The average molecular weight is 578 g/mol. The number of esters is 1. The minimum Gasteiger partial charge on any atom is -0.462 e. The number of hydrogen-bond donors (Lipinski definition) is 1. The highest BCUT2D eigenvalue weighted by atomic mass is 35.5. The molecule has 1 saturated heterocycles. The number of halogens is 1. The highest BCUT2D eigenvalue weighted by Crippen LogP contribution is 2.34. The summed E-state index contributed by atoms with van der Waals surface area (Å²) < 4.78 is 12.0. The van der Waals surface area contributed by atoms with E-state index < -0.39 is 6.04 Å². The molecular weight excluding hydrogens is 542 g/mol. The first-order valence-corrected chi connectivity index (χ1v) is 15.3. The van der Waals surface area contributed by atoms with Crippen LogP contribution in [-0.2, 0) is 20.7 Å². The van der Waals surface area contributed by atoms with Crippen molar-refractivity contribution in [2.75, 3.05) is 39.5 Å². The normalized spacial score (nSPS) is 17.8. The van der Waals surface area contributed by atoms with Gasteiger partial charge in [0, 0.05) is 11.6 Å². The number of benzene rings is 2. The second-order valence-electron chi connectivity index (χ2n) is 10.1. The van der Waals surface area contributed by atoms with Gasteiger partial charge >= 0.3 is 5.97 Å². The molecule has 6 nitrogen and oxygen atoms in total. The number of thiophene rings is 1. The van der Waals surface area contributed by atoms with Crippen molar-refractivity contribution in [3.05, 3.63) is 104 Å². The first-order valence-electron chi connectivity index (χ1n) is 14.1. The highest BCUT2D eigenvalue weighted by Gasteiger charge is 2.33. The van der Waals surface area contributed by atoms with E-state index >= 15 is 0 Å². The van der Waals surface area contributed by atoms with Crippen LogP contribution < -0.4 is 5.32 Å². The number of amidine groups is 1. The number of likely N-dealkylation sites (tertiary alicyclic amines) is 1. The van der Waals surface area contributed by atoms with Gasteiger partial charge in [0.05, 0.1) is 36.0 Å². The molecule has 1 unspecified atom stereocenters. The van der Waals surface area contributed by atoms with Gasteiger partial charge in [-0.2, -0.15) is 0 Å². The average Bonchev–Trinajstić information content (AvgIpc) is 3.53. The summed E-state index contributed by atoms with van der Waals surface area (Å²) in [5, 5.41) is 6.04. The third kappa shape index (κ3) is 7.82. The van der Waals surface area contributed by atoms with Crippen molar-refractivity contribution in [1.82, 2.24) is 10.2 Å².